The summed E-state index contributed by atoms with van der Waals surface area (Å²) in [6.07, 6.45) is 4.54. The van der Waals surface area contributed by atoms with Gasteiger partial charge < -0.3 is 20.3 Å². The summed E-state index contributed by atoms with van der Waals surface area (Å²) in [5.41, 5.74) is 8.53. The summed E-state index contributed by atoms with van der Waals surface area (Å²) in [4.78, 5) is 31.2. The monoisotopic (exact) mass is 429 g/mol. The average Bonchev–Trinajstić information content (AvgIpc) is 3.09. The minimum absolute atomic E-state index is 0.250. The van der Waals surface area contributed by atoms with Gasteiger partial charge in [0.05, 0.1) is 6.54 Å². The fourth-order valence-electron chi connectivity index (χ4n) is 3.42. The maximum Gasteiger partial charge on any atom is 0.328 e. The number of aromatic amines is 1. The van der Waals surface area contributed by atoms with E-state index < -0.39 is 0 Å². The van der Waals surface area contributed by atoms with Gasteiger partial charge in [0.1, 0.15) is 17.1 Å². The van der Waals surface area contributed by atoms with Crippen molar-refractivity contribution in [3.05, 3.63) is 81.4 Å². The van der Waals surface area contributed by atoms with Gasteiger partial charge in [-0.25, -0.2) is 26.3 Å². The number of anilines is 1. The molecule has 0 saturated carbocycles. The number of nitrogens with zero attached hydrogens (tertiary/aromatic N) is 5. The highest BCUT2D eigenvalue weighted by molar-refractivity contribution is 5.81. The van der Waals surface area contributed by atoms with E-state index in [2.05, 4.69) is 24.8 Å². The zero-order valence-corrected chi connectivity index (χ0v) is 17.7. The molecule has 0 unspecified atom stereocenters. The third-order valence-electron chi connectivity index (χ3n) is 5.03. The third kappa shape index (κ3) is 4.75. The van der Waals surface area contributed by atoms with E-state index >= 15 is 0 Å². The number of benzene rings is 1. The molecular formula is C23H23N7O2. The number of pyridine rings is 1. The van der Waals surface area contributed by atoms with Crippen LogP contribution in [0.15, 0.2) is 47.4 Å². The number of unbranched alkanes of at least 4 members (excludes halogenated alkanes) is 1. The van der Waals surface area contributed by atoms with Crippen LogP contribution in [-0.2, 0) is 13.0 Å². The minimum Gasteiger partial charge on any atom is -0.439 e. The molecule has 4 aromatic rings. The Labute approximate surface area is 184 Å². The van der Waals surface area contributed by atoms with Crippen molar-refractivity contribution in [3.8, 4) is 11.6 Å². The first-order valence-corrected chi connectivity index (χ1v) is 10.3. The normalized spacial score (nSPS) is 10.9. The average molecular weight is 429 g/mol. The van der Waals surface area contributed by atoms with Gasteiger partial charge in [-0.05, 0) is 43.0 Å². The summed E-state index contributed by atoms with van der Waals surface area (Å²) in [7, 11) is 0. The molecule has 3 N–H and O–H groups in total. The lowest BCUT2D eigenvalue weighted by Gasteiger charge is -2.08. The van der Waals surface area contributed by atoms with E-state index in [4.69, 9.17) is 17.0 Å². The Morgan fingerprint density at radius 3 is 2.62 bits per heavy atom. The van der Waals surface area contributed by atoms with Gasteiger partial charge in [-0.2, -0.15) is 0 Å². The van der Waals surface area contributed by atoms with Crippen LogP contribution in [0.3, 0.4) is 0 Å². The Kier molecular flexibility index (Phi) is 6.12. The van der Waals surface area contributed by atoms with E-state index in [1.54, 1.807) is 19.2 Å². The van der Waals surface area contributed by atoms with Crippen molar-refractivity contribution >= 4 is 17.0 Å². The van der Waals surface area contributed by atoms with Crippen LogP contribution in [0.5, 0.6) is 11.6 Å². The number of hydrogen-bond donors (Lipinski definition) is 2. The molecule has 0 fully saturated rings. The second-order valence-corrected chi connectivity index (χ2v) is 7.46. The van der Waals surface area contributed by atoms with E-state index in [1.165, 1.54) is 10.1 Å². The molecule has 0 radical (unpaired) electrons. The second-order valence-electron chi connectivity index (χ2n) is 7.46. The van der Waals surface area contributed by atoms with Crippen LogP contribution < -0.4 is 16.2 Å². The topological polar surface area (TPSA) is 116 Å². The van der Waals surface area contributed by atoms with Crippen LogP contribution >= 0.6 is 0 Å². The number of aryl methyl sites for hydroxylation is 2. The molecule has 32 heavy (non-hydrogen) atoms. The maximum absolute atomic E-state index is 12.4. The van der Waals surface area contributed by atoms with Crippen molar-refractivity contribution in [3.63, 3.8) is 0 Å². The molecule has 9 heteroatoms. The van der Waals surface area contributed by atoms with Gasteiger partial charge in [0.2, 0.25) is 12.4 Å². The summed E-state index contributed by atoms with van der Waals surface area (Å²) in [5.74, 6) is 1.91. The van der Waals surface area contributed by atoms with Gasteiger partial charge in [-0.3, -0.25) is 4.57 Å². The molecule has 0 saturated heterocycles. The number of ether oxygens (including phenoxy) is 1. The first-order valence-electron chi connectivity index (χ1n) is 10.3. The van der Waals surface area contributed by atoms with E-state index in [0.717, 1.165) is 24.8 Å². The van der Waals surface area contributed by atoms with Crippen molar-refractivity contribution in [1.29, 1.82) is 0 Å². The van der Waals surface area contributed by atoms with Crippen molar-refractivity contribution < 1.29 is 4.74 Å². The number of aromatic nitrogens is 5. The van der Waals surface area contributed by atoms with Gasteiger partial charge in [-0.1, -0.05) is 18.2 Å². The molecule has 0 atom stereocenters. The SMILES string of the molecule is [C-]#[N+]CCCCc1ccc(Oc2ccc(Cn3c(=O)[nH]c4c(N)nc(C)nc43)cn2)cc1. The lowest BCUT2D eigenvalue weighted by Crippen LogP contribution is -2.18. The predicted molar refractivity (Wildman–Crippen MR) is 122 cm³/mol. The van der Waals surface area contributed by atoms with E-state index in [-0.39, 0.29) is 11.5 Å². The minimum atomic E-state index is -0.305. The first kappa shape index (κ1) is 21.1. The summed E-state index contributed by atoms with van der Waals surface area (Å²) < 4.78 is 7.34. The highest BCUT2D eigenvalue weighted by atomic mass is 16.5. The summed E-state index contributed by atoms with van der Waals surface area (Å²) >= 11 is 0. The lowest BCUT2D eigenvalue weighted by molar-refractivity contribution is 0.462. The molecule has 3 aromatic heterocycles. The Morgan fingerprint density at radius 2 is 1.91 bits per heavy atom. The van der Waals surface area contributed by atoms with Crippen LogP contribution in [0.1, 0.15) is 29.8 Å². The molecule has 0 aliphatic carbocycles. The Hall–Kier alpha value is -4.19. The van der Waals surface area contributed by atoms with E-state index in [0.29, 0.717) is 41.7 Å². The van der Waals surface area contributed by atoms with Gasteiger partial charge in [-0.15, -0.1) is 0 Å². The number of H-pyrrole nitrogens is 1. The molecule has 0 bridgehead atoms. The third-order valence-corrected chi connectivity index (χ3v) is 5.03. The predicted octanol–water partition coefficient (Wildman–Crippen LogP) is 3.49. The standard InChI is InChI=1S/C23H23N7O2/c1-15-27-21(24)20-22(28-15)30(23(31)29-20)14-17-8-11-19(26-13-17)32-18-9-6-16(7-10-18)5-3-4-12-25-2/h6-11,13H,3-5,12,14H2,1H3,(H,29,31)(H2,24,27,28). The summed E-state index contributed by atoms with van der Waals surface area (Å²) in [6.45, 7) is 9.42. The van der Waals surface area contributed by atoms with Crippen LogP contribution in [0.2, 0.25) is 0 Å². The van der Waals surface area contributed by atoms with Crippen LogP contribution in [0, 0.1) is 13.5 Å². The highest BCUT2D eigenvalue weighted by Crippen LogP contribution is 2.21. The van der Waals surface area contributed by atoms with Gasteiger partial charge in [0.15, 0.2) is 11.5 Å². The van der Waals surface area contributed by atoms with Crippen molar-refractivity contribution in [2.75, 3.05) is 12.3 Å². The van der Waals surface area contributed by atoms with Crippen molar-refractivity contribution in [1.82, 2.24) is 24.5 Å². The summed E-state index contributed by atoms with van der Waals surface area (Å²) in [5, 5.41) is 0. The van der Waals surface area contributed by atoms with Gasteiger partial charge >= 0.3 is 5.69 Å². The Morgan fingerprint density at radius 1 is 1.12 bits per heavy atom. The van der Waals surface area contributed by atoms with Crippen LogP contribution in [-0.4, -0.2) is 31.0 Å². The van der Waals surface area contributed by atoms with Crippen molar-refractivity contribution in [2.45, 2.75) is 32.7 Å². The molecule has 162 valence electrons. The van der Waals surface area contributed by atoms with E-state index in [9.17, 15) is 4.79 Å². The summed E-state index contributed by atoms with van der Waals surface area (Å²) in [6, 6.07) is 11.5. The zero-order chi connectivity index (χ0) is 22.5. The van der Waals surface area contributed by atoms with Crippen LogP contribution in [0.25, 0.3) is 16.0 Å². The number of imidazole rings is 1. The molecule has 3 heterocycles. The fourth-order valence-corrected chi connectivity index (χ4v) is 3.42. The smallest absolute Gasteiger partial charge is 0.328 e. The fraction of sp³-hybridized carbons (Fsp3) is 0.261. The number of nitrogens with one attached hydrogen (secondary N) is 1. The number of fused-ring (bicyclic) bond motifs is 1. The Bertz CT molecular complexity index is 1320. The molecule has 4 rings (SSSR count). The molecule has 1 aromatic carbocycles. The van der Waals surface area contributed by atoms with E-state index in [1.807, 2.05) is 30.3 Å². The molecule has 0 aliphatic heterocycles. The number of hydrogen-bond acceptors (Lipinski definition) is 6. The zero-order valence-electron chi connectivity index (χ0n) is 17.7. The lowest BCUT2D eigenvalue weighted by atomic mass is 10.1. The number of nitrogens with two attached hydrogens (primary N) is 1. The number of rotatable bonds is 8. The van der Waals surface area contributed by atoms with Crippen LogP contribution in [0.4, 0.5) is 5.82 Å². The number of nitrogen functional groups attached to an aromatic ring is 1. The van der Waals surface area contributed by atoms with Gasteiger partial charge in [0, 0.05) is 18.7 Å². The van der Waals surface area contributed by atoms with Crippen molar-refractivity contribution in [2.24, 2.45) is 0 Å². The molecule has 0 aliphatic rings. The Balaban J connectivity index is 1.42. The molecule has 0 amide bonds. The van der Waals surface area contributed by atoms with Gasteiger partial charge in [0.25, 0.3) is 0 Å². The molecule has 9 nitrogen and oxygen atoms in total. The second kappa shape index (κ2) is 9.31. The quantitative estimate of drug-likeness (QED) is 0.327. The first-order chi connectivity index (χ1) is 15.5. The largest absolute Gasteiger partial charge is 0.439 e. The highest BCUT2D eigenvalue weighted by Gasteiger charge is 2.13. The molecule has 0 spiro atoms. The maximum atomic E-state index is 12.4. The molecular weight excluding hydrogens is 406 g/mol.